The van der Waals surface area contributed by atoms with E-state index in [9.17, 15) is 0 Å². The summed E-state index contributed by atoms with van der Waals surface area (Å²) in [6, 6.07) is 14.9. The average Bonchev–Trinajstić information content (AvgIpc) is 3.48. The number of aromatic nitrogens is 4. The highest BCUT2D eigenvalue weighted by molar-refractivity contribution is 5.69. The highest BCUT2D eigenvalue weighted by Crippen LogP contribution is 2.26. The Bertz CT molecular complexity index is 1050. The molecule has 2 aromatic heterocycles. The zero-order valence-corrected chi connectivity index (χ0v) is 18.7. The lowest BCUT2D eigenvalue weighted by molar-refractivity contribution is 0.175. The van der Waals surface area contributed by atoms with Crippen molar-refractivity contribution in [3.05, 3.63) is 59.5 Å². The number of anilines is 3. The number of nitrogens with one attached hydrogen (secondary N) is 2. The molecule has 32 heavy (non-hydrogen) atoms. The molecule has 2 fully saturated rings. The van der Waals surface area contributed by atoms with Crippen LogP contribution in [-0.4, -0.2) is 57.3 Å². The van der Waals surface area contributed by atoms with Crippen molar-refractivity contribution >= 4 is 29.6 Å². The van der Waals surface area contributed by atoms with E-state index in [-0.39, 0.29) is 0 Å². The first kappa shape index (κ1) is 20.7. The summed E-state index contributed by atoms with van der Waals surface area (Å²) in [4.78, 5) is 14.7. The molecule has 0 spiro atoms. The van der Waals surface area contributed by atoms with Gasteiger partial charge in [-0.1, -0.05) is 42.8 Å². The summed E-state index contributed by atoms with van der Waals surface area (Å²) >= 11 is 0. The molecule has 7 nitrogen and oxygen atoms in total. The van der Waals surface area contributed by atoms with Gasteiger partial charge < -0.3 is 10.2 Å². The molecule has 1 aromatic carbocycles. The van der Waals surface area contributed by atoms with Gasteiger partial charge in [0.25, 0.3) is 0 Å². The van der Waals surface area contributed by atoms with E-state index in [0.29, 0.717) is 11.9 Å². The first-order chi connectivity index (χ1) is 15.7. The van der Waals surface area contributed by atoms with E-state index in [2.05, 4.69) is 43.5 Å². The van der Waals surface area contributed by atoms with E-state index < -0.39 is 0 Å². The monoisotopic (exact) mass is 429 g/mol. The number of H-pyrrole nitrogens is 1. The quantitative estimate of drug-likeness (QED) is 0.602. The van der Waals surface area contributed by atoms with E-state index in [1.807, 2.05) is 43.3 Å². The molecule has 0 radical (unpaired) electrons. The summed E-state index contributed by atoms with van der Waals surface area (Å²) in [6.45, 7) is 6.51. The molecule has 0 aliphatic carbocycles. The third-order valence-corrected chi connectivity index (χ3v) is 6.31. The molecule has 0 saturated carbocycles. The van der Waals surface area contributed by atoms with E-state index in [1.165, 1.54) is 38.8 Å². The Morgan fingerprint density at radius 3 is 2.59 bits per heavy atom. The fraction of sp³-hybridized carbons (Fsp3) is 0.400. The molecule has 5 rings (SSSR count). The topological polar surface area (TPSA) is 73.0 Å². The van der Waals surface area contributed by atoms with Gasteiger partial charge in [-0.05, 0) is 50.9 Å². The predicted molar refractivity (Wildman–Crippen MR) is 130 cm³/mol. The fourth-order valence-corrected chi connectivity index (χ4v) is 4.63. The Morgan fingerprint density at radius 1 is 0.969 bits per heavy atom. The molecular weight excluding hydrogens is 398 g/mol. The van der Waals surface area contributed by atoms with Crippen LogP contribution in [0.2, 0.25) is 0 Å². The van der Waals surface area contributed by atoms with Gasteiger partial charge in [0.2, 0.25) is 0 Å². The summed E-state index contributed by atoms with van der Waals surface area (Å²) in [5.41, 5.74) is 2.14. The molecule has 2 aliphatic rings. The summed E-state index contributed by atoms with van der Waals surface area (Å²) in [5.74, 6) is 3.19. The molecule has 166 valence electrons. The van der Waals surface area contributed by atoms with Crippen molar-refractivity contribution in [1.82, 2.24) is 25.1 Å². The highest BCUT2D eigenvalue weighted by atomic mass is 15.3. The molecule has 1 unspecified atom stereocenters. The minimum absolute atomic E-state index is 0.624. The van der Waals surface area contributed by atoms with Crippen LogP contribution in [0.3, 0.4) is 0 Å². The van der Waals surface area contributed by atoms with Crippen molar-refractivity contribution in [2.24, 2.45) is 0 Å². The molecular formula is C25H31N7. The van der Waals surface area contributed by atoms with Crippen LogP contribution in [0.25, 0.3) is 12.2 Å². The second-order valence-electron chi connectivity index (χ2n) is 8.76. The van der Waals surface area contributed by atoms with Crippen LogP contribution in [-0.2, 0) is 0 Å². The fourth-order valence-electron chi connectivity index (χ4n) is 4.63. The second kappa shape index (κ2) is 9.53. The molecule has 2 saturated heterocycles. The Kier molecular flexibility index (Phi) is 6.16. The number of likely N-dealkylation sites (tertiary alicyclic amines) is 1. The molecule has 3 aromatic rings. The standard InChI is InChI=1S/C25H31N7/c1-19-16-24(30-29-19)27-23-17-25(28-22(26-23)11-10-20-8-4-2-5-9-20)32-15-12-21(18-32)31-13-6-3-7-14-31/h2,4-5,8-11,16-17,21H,3,6-7,12-15,18H2,1H3,(H2,26,27,28,29,30). The number of aryl methyl sites for hydroxylation is 1. The van der Waals surface area contributed by atoms with Crippen molar-refractivity contribution in [3.8, 4) is 0 Å². The summed E-state index contributed by atoms with van der Waals surface area (Å²) in [5, 5.41) is 10.6. The average molecular weight is 430 g/mol. The van der Waals surface area contributed by atoms with Crippen molar-refractivity contribution in [3.63, 3.8) is 0 Å². The van der Waals surface area contributed by atoms with Gasteiger partial charge in [0.05, 0.1) is 0 Å². The molecule has 0 amide bonds. The molecule has 1 atom stereocenters. The molecule has 7 heteroatoms. The minimum atomic E-state index is 0.624. The van der Waals surface area contributed by atoms with Crippen LogP contribution >= 0.6 is 0 Å². The van der Waals surface area contributed by atoms with Gasteiger partial charge in [0.15, 0.2) is 11.6 Å². The maximum absolute atomic E-state index is 4.90. The number of hydrogen-bond acceptors (Lipinski definition) is 6. The van der Waals surface area contributed by atoms with Crippen LogP contribution in [0, 0.1) is 6.92 Å². The van der Waals surface area contributed by atoms with Crippen molar-refractivity contribution in [2.45, 2.75) is 38.6 Å². The Morgan fingerprint density at radius 2 is 1.81 bits per heavy atom. The lowest BCUT2D eigenvalue weighted by atomic mass is 10.1. The van der Waals surface area contributed by atoms with E-state index in [1.54, 1.807) is 0 Å². The van der Waals surface area contributed by atoms with Crippen LogP contribution in [0.15, 0.2) is 42.5 Å². The number of hydrogen-bond donors (Lipinski definition) is 2. The van der Waals surface area contributed by atoms with E-state index in [4.69, 9.17) is 9.97 Å². The van der Waals surface area contributed by atoms with Gasteiger partial charge in [-0.15, -0.1) is 0 Å². The van der Waals surface area contributed by atoms with Gasteiger partial charge in [-0.3, -0.25) is 10.00 Å². The van der Waals surface area contributed by atoms with Gasteiger partial charge in [-0.25, -0.2) is 9.97 Å². The van der Waals surface area contributed by atoms with E-state index in [0.717, 1.165) is 41.8 Å². The number of aromatic amines is 1. The maximum Gasteiger partial charge on any atom is 0.156 e. The predicted octanol–water partition coefficient (Wildman–Crippen LogP) is 4.49. The number of benzene rings is 1. The first-order valence-corrected chi connectivity index (χ1v) is 11.6. The van der Waals surface area contributed by atoms with Crippen molar-refractivity contribution < 1.29 is 0 Å². The van der Waals surface area contributed by atoms with Crippen LogP contribution in [0.4, 0.5) is 17.5 Å². The van der Waals surface area contributed by atoms with Crippen molar-refractivity contribution in [1.29, 1.82) is 0 Å². The first-order valence-electron chi connectivity index (χ1n) is 11.6. The highest BCUT2D eigenvalue weighted by Gasteiger charge is 2.29. The zero-order chi connectivity index (χ0) is 21.8. The molecule has 0 bridgehead atoms. The number of nitrogens with zero attached hydrogens (tertiary/aromatic N) is 5. The van der Waals surface area contributed by atoms with Crippen LogP contribution < -0.4 is 10.2 Å². The number of rotatable bonds is 6. The van der Waals surface area contributed by atoms with Crippen LogP contribution in [0.5, 0.6) is 0 Å². The van der Waals surface area contributed by atoms with Crippen LogP contribution in [0.1, 0.15) is 42.8 Å². The van der Waals surface area contributed by atoms with Gasteiger partial charge in [0.1, 0.15) is 11.6 Å². The normalized spacial score (nSPS) is 19.7. The maximum atomic E-state index is 4.90. The van der Waals surface area contributed by atoms with E-state index >= 15 is 0 Å². The third-order valence-electron chi connectivity index (χ3n) is 6.31. The molecule has 2 N–H and O–H groups in total. The summed E-state index contributed by atoms with van der Waals surface area (Å²) in [7, 11) is 0. The zero-order valence-electron chi connectivity index (χ0n) is 18.7. The largest absolute Gasteiger partial charge is 0.355 e. The smallest absolute Gasteiger partial charge is 0.156 e. The second-order valence-corrected chi connectivity index (χ2v) is 8.76. The van der Waals surface area contributed by atoms with Gasteiger partial charge >= 0.3 is 0 Å². The minimum Gasteiger partial charge on any atom is -0.355 e. The number of piperidine rings is 1. The lowest BCUT2D eigenvalue weighted by Gasteiger charge is -2.32. The summed E-state index contributed by atoms with van der Waals surface area (Å²) < 4.78 is 0. The molecule has 4 heterocycles. The SMILES string of the molecule is Cc1cc(Nc2cc(N3CCC(N4CCCCC4)C3)nc(C=Cc3ccccc3)n2)n[nH]1. The van der Waals surface area contributed by atoms with Gasteiger partial charge in [0, 0.05) is 37.0 Å². The van der Waals surface area contributed by atoms with Gasteiger partial charge in [-0.2, -0.15) is 5.10 Å². The Labute approximate surface area is 189 Å². The Hall–Kier alpha value is -3.19. The molecule has 2 aliphatic heterocycles. The Balaban J connectivity index is 1.39. The summed E-state index contributed by atoms with van der Waals surface area (Å²) in [6.07, 6.45) is 9.27. The van der Waals surface area contributed by atoms with Crippen molar-refractivity contribution in [2.75, 3.05) is 36.4 Å². The third kappa shape index (κ3) is 4.99. The lowest BCUT2D eigenvalue weighted by Crippen LogP contribution is -2.41.